The van der Waals surface area contributed by atoms with E-state index in [2.05, 4.69) is 33.0 Å². The topological polar surface area (TPSA) is 12.0 Å². The summed E-state index contributed by atoms with van der Waals surface area (Å²) in [5.74, 6) is 0.846. The lowest BCUT2D eigenvalue weighted by atomic mass is 9.93. The molecule has 1 heteroatoms. The number of unbranched alkanes of at least 4 members (excludes halogenated alkanes) is 4. The molecule has 0 aliphatic rings. The van der Waals surface area contributed by atoms with Crippen LogP contribution in [0.1, 0.15) is 79.1 Å². The van der Waals surface area contributed by atoms with Gasteiger partial charge in [-0.2, -0.15) is 0 Å². The van der Waals surface area contributed by atoms with Gasteiger partial charge in [0.15, 0.2) is 0 Å². The Morgan fingerprint density at radius 3 is 2.12 bits per heavy atom. The minimum absolute atomic E-state index is 0.742. The molecule has 98 valence electrons. The average Bonchev–Trinajstić information content (AvgIpc) is 2.30. The quantitative estimate of drug-likeness (QED) is 0.502. The van der Waals surface area contributed by atoms with E-state index < -0.39 is 0 Å². The van der Waals surface area contributed by atoms with E-state index in [1.165, 1.54) is 57.9 Å². The van der Waals surface area contributed by atoms with Crippen LogP contribution in [-0.2, 0) is 0 Å². The fraction of sp³-hybridized carbons (Fsp3) is 1.00. The summed E-state index contributed by atoms with van der Waals surface area (Å²) in [6.07, 6.45) is 11.0. The molecule has 0 aliphatic heterocycles. The molecule has 1 N–H and O–H groups in total. The first-order chi connectivity index (χ1) is 7.76. The fourth-order valence-corrected chi connectivity index (χ4v) is 2.35. The van der Waals surface area contributed by atoms with Crippen LogP contribution in [0.2, 0.25) is 0 Å². The van der Waals surface area contributed by atoms with E-state index >= 15 is 0 Å². The summed E-state index contributed by atoms with van der Waals surface area (Å²) in [5, 5.41) is 3.67. The van der Waals surface area contributed by atoms with Crippen LogP contribution >= 0.6 is 0 Å². The standard InChI is InChI=1S/C15H33N/c1-5-8-9-10-11-12-14(4)15(7-3)16-13-6-2/h14-16H,5-13H2,1-4H3. The maximum absolute atomic E-state index is 3.67. The van der Waals surface area contributed by atoms with Gasteiger partial charge in [0.05, 0.1) is 0 Å². The highest BCUT2D eigenvalue weighted by atomic mass is 14.9. The van der Waals surface area contributed by atoms with Gasteiger partial charge in [0.2, 0.25) is 0 Å². The van der Waals surface area contributed by atoms with Crippen LogP contribution in [0, 0.1) is 5.92 Å². The zero-order valence-electron chi connectivity index (χ0n) is 12.0. The third kappa shape index (κ3) is 8.15. The molecule has 0 aromatic heterocycles. The number of rotatable bonds is 11. The van der Waals surface area contributed by atoms with Crippen molar-refractivity contribution in [2.45, 2.75) is 85.1 Å². The Hall–Kier alpha value is -0.0400. The van der Waals surface area contributed by atoms with E-state index in [4.69, 9.17) is 0 Å². The monoisotopic (exact) mass is 227 g/mol. The van der Waals surface area contributed by atoms with Crippen molar-refractivity contribution in [2.24, 2.45) is 5.92 Å². The van der Waals surface area contributed by atoms with Crippen molar-refractivity contribution in [3.8, 4) is 0 Å². The lowest BCUT2D eigenvalue weighted by Gasteiger charge is -2.24. The molecule has 0 saturated carbocycles. The van der Waals surface area contributed by atoms with Crippen LogP contribution in [0.4, 0.5) is 0 Å². The predicted molar refractivity (Wildman–Crippen MR) is 74.9 cm³/mol. The molecule has 0 bridgehead atoms. The largest absolute Gasteiger partial charge is 0.314 e. The highest BCUT2D eigenvalue weighted by Gasteiger charge is 2.13. The summed E-state index contributed by atoms with van der Waals surface area (Å²) in [7, 11) is 0. The first-order valence-corrected chi connectivity index (χ1v) is 7.49. The van der Waals surface area contributed by atoms with Crippen molar-refractivity contribution in [1.29, 1.82) is 0 Å². The Balaban J connectivity index is 3.54. The predicted octanol–water partition coefficient (Wildman–Crippen LogP) is 4.76. The van der Waals surface area contributed by atoms with Crippen molar-refractivity contribution in [2.75, 3.05) is 6.54 Å². The van der Waals surface area contributed by atoms with Crippen molar-refractivity contribution in [3.05, 3.63) is 0 Å². The first kappa shape index (κ1) is 16.0. The molecule has 0 saturated heterocycles. The van der Waals surface area contributed by atoms with E-state index in [9.17, 15) is 0 Å². The molecule has 0 aliphatic carbocycles. The molecule has 0 radical (unpaired) electrons. The van der Waals surface area contributed by atoms with Crippen LogP contribution in [-0.4, -0.2) is 12.6 Å². The zero-order chi connectivity index (χ0) is 12.2. The Bertz CT molecular complexity index is 133. The summed E-state index contributed by atoms with van der Waals surface area (Å²) in [6.45, 7) is 10.4. The van der Waals surface area contributed by atoms with Gasteiger partial charge in [0.1, 0.15) is 0 Å². The third-order valence-electron chi connectivity index (χ3n) is 3.55. The maximum atomic E-state index is 3.67. The molecular weight excluding hydrogens is 194 g/mol. The fourth-order valence-electron chi connectivity index (χ4n) is 2.35. The minimum atomic E-state index is 0.742. The van der Waals surface area contributed by atoms with Gasteiger partial charge in [-0.25, -0.2) is 0 Å². The van der Waals surface area contributed by atoms with E-state index in [-0.39, 0.29) is 0 Å². The molecule has 0 amide bonds. The van der Waals surface area contributed by atoms with E-state index in [1.807, 2.05) is 0 Å². The van der Waals surface area contributed by atoms with Crippen LogP contribution in [0.5, 0.6) is 0 Å². The minimum Gasteiger partial charge on any atom is -0.314 e. The van der Waals surface area contributed by atoms with Crippen LogP contribution in [0.25, 0.3) is 0 Å². The van der Waals surface area contributed by atoms with Gasteiger partial charge >= 0.3 is 0 Å². The van der Waals surface area contributed by atoms with Crippen molar-refractivity contribution in [3.63, 3.8) is 0 Å². The maximum Gasteiger partial charge on any atom is 0.00900 e. The zero-order valence-corrected chi connectivity index (χ0v) is 12.0. The smallest absolute Gasteiger partial charge is 0.00900 e. The molecule has 2 unspecified atom stereocenters. The second-order valence-corrected chi connectivity index (χ2v) is 5.15. The van der Waals surface area contributed by atoms with Crippen LogP contribution in [0.15, 0.2) is 0 Å². The molecule has 2 atom stereocenters. The Morgan fingerprint density at radius 2 is 1.56 bits per heavy atom. The van der Waals surface area contributed by atoms with Gasteiger partial charge in [0, 0.05) is 6.04 Å². The molecule has 1 nitrogen and oxygen atoms in total. The number of nitrogens with one attached hydrogen (secondary N) is 1. The third-order valence-corrected chi connectivity index (χ3v) is 3.55. The van der Waals surface area contributed by atoms with Crippen LogP contribution in [0.3, 0.4) is 0 Å². The van der Waals surface area contributed by atoms with Gasteiger partial charge in [-0.3, -0.25) is 0 Å². The lowest BCUT2D eigenvalue weighted by Crippen LogP contribution is -2.34. The van der Waals surface area contributed by atoms with Crippen molar-refractivity contribution in [1.82, 2.24) is 5.32 Å². The summed E-state index contributed by atoms with van der Waals surface area (Å²) in [6, 6.07) is 0.742. The molecule has 0 rings (SSSR count). The molecule has 0 aromatic carbocycles. The SMILES string of the molecule is CCCCCCCC(C)C(CC)NCCC. The van der Waals surface area contributed by atoms with Gasteiger partial charge < -0.3 is 5.32 Å². The molecule has 0 aromatic rings. The molecular formula is C15H33N. The molecule has 16 heavy (non-hydrogen) atoms. The Morgan fingerprint density at radius 1 is 0.875 bits per heavy atom. The summed E-state index contributed by atoms with van der Waals surface area (Å²) in [5.41, 5.74) is 0. The van der Waals surface area contributed by atoms with Gasteiger partial charge in [-0.1, -0.05) is 59.8 Å². The average molecular weight is 227 g/mol. The Kier molecular flexibility index (Phi) is 11.4. The van der Waals surface area contributed by atoms with Crippen LogP contribution < -0.4 is 5.32 Å². The summed E-state index contributed by atoms with van der Waals surface area (Å²) in [4.78, 5) is 0. The first-order valence-electron chi connectivity index (χ1n) is 7.49. The highest BCUT2D eigenvalue weighted by molar-refractivity contribution is 4.71. The van der Waals surface area contributed by atoms with E-state index in [0.29, 0.717) is 0 Å². The normalized spacial score (nSPS) is 15.0. The number of hydrogen-bond acceptors (Lipinski definition) is 1. The molecule has 0 spiro atoms. The summed E-state index contributed by atoms with van der Waals surface area (Å²) < 4.78 is 0. The second kappa shape index (κ2) is 11.4. The second-order valence-electron chi connectivity index (χ2n) is 5.15. The van der Waals surface area contributed by atoms with E-state index in [1.54, 1.807) is 0 Å². The Labute approximate surface area is 103 Å². The van der Waals surface area contributed by atoms with E-state index in [0.717, 1.165) is 12.0 Å². The molecule has 0 heterocycles. The van der Waals surface area contributed by atoms with Gasteiger partial charge in [0.25, 0.3) is 0 Å². The van der Waals surface area contributed by atoms with Gasteiger partial charge in [-0.05, 0) is 31.7 Å². The van der Waals surface area contributed by atoms with Gasteiger partial charge in [-0.15, -0.1) is 0 Å². The number of hydrogen-bond donors (Lipinski definition) is 1. The van der Waals surface area contributed by atoms with Crippen molar-refractivity contribution >= 4 is 0 Å². The lowest BCUT2D eigenvalue weighted by molar-refractivity contribution is 0.338. The summed E-state index contributed by atoms with van der Waals surface area (Å²) >= 11 is 0. The molecule has 0 fully saturated rings. The van der Waals surface area contributed by atoms with Crippen molar-refractivity contribution < 1.29 is 0 Å². The highest BCUT2D eigenvalue weighted by Crippen LogP contribution is 2.16.